The molecule has 1 saturated carbocycles. The van der Waals surface area contributed by atoms with Crippen molar-refractivity contribution in [2.45, 2.75) is 38.5 Å². The van der Waals surface area contributed by atoms with Gasteiger partial charge in [0.1, 0.15) is 0 Å². The van der Waals surface area contributed by atoms with Crippen LogP contribution < -0.4 is 0 Å². The van der Waals surface area contributed by atoms with Gasteiger partial charge >= 0.3 is 0 Å². The van der Waals surface area contributed by atoms with E-state index in [1.54, 1.807) is 0 Å². The summed E-state index contributed by atoms with van der Waals surface area (Å²) in [5.41, 5.74) is 0.241. The summed E-state index contributed by atoms with van der Waals surface area (Å²) in [5, 5.41) is 9.46. The second-order valence-electron chi connectivity index (χ2n) is 6.09. The van der Waals surface area contributed by atoms with E-state index in [4.69, 9.17) is 4.74 Å². The average Bonchev–Trinajstić information content (AvgIpc) is 2.33. The Bertz CT molecular complexity index is 217. The molecule has 2 fully saturated rings. The van der Waals surface area contributed by atoms with Gasteiger partial charge in [-0.05, 0) is 51.6 Å². The van der Waals surface area contributed by atoms with Crippen LogP contribution in [0.3, 0.4) is 0 Å². The van der Waals surface area contributed by atoms with Crippen LogP contribution in [0.5, 0.6) is 0 Å². The molecule has 3 heteroatoms. The van der Waals surface area contributed by atoms with E-state index in [1.165, 1.54) is 45.1 Å². The number of hydrogen-bond acceptors (Lipinski definition) is 3. The Kier molecular flexibility index (Phi) is 4.83. The molecule has 0 radical (unpaired) electrons. The number of nitrogens with zero attached hydrogens (tertiary/aromatic N) is 1. The summed E-state index contributed by atoms with van der Waals surface area (Å²) in [6.45, 7) is 4.53. The van der Waals surface area contributed by atoms with E-state index in [0.717, 1.165) is 25.7 Å². The SMILES string of the molecule is CN(CCC1CCOCC1)CC1(CO)CCC1. The lowest BCUT2D eigenvalue weighted by atomic mass is 9.69. The average molecular weight is 241 g/mol. The molecule has 1 heterocycles. The van der Waals surface area contributed by atoms with E-state index in [-0.39, 0.29) is 5.41 Å². The standard InChI is InChI=1S/C14H27NO2/c1-15(11-14(12-16)6-2-7-14)8-3-13-4-9-17-10-5-13/h13,16H,2-12H2,1H3. The molecule has 0 aromatic carbocycles. The van der Waals surface area contributed by atoms with Gasteiger partial charge in [0.2, 0.25) is 0 Å². The molecule has 2 aliphatic rings. The van der Waals surface area contributed by atoms with Gasteiger partial charge in [0.05, 0.1) is 0 Å². The van der Waals surface area contributed by atoms with Gasteiger partial charge in [-0.25, -0.2) is 0 Å². The number of aliphatic hydroxyl groups excluding tert-OH is 1. The number of ether oxygens (including phenoxy) is 1. The van der Waals surface area contributed by atoms with Gasteiger partial charge in [-0.15, -0.1) is 0 Å². The Balaban J connectivity index is 1.64. The highest BCUT2D eigenvalue weighted by molar-refractivity contribution is 4.89. The topological polar surface area (TPSA) is 32.7 Å². The number of rotatable bonds is 6. The minimum Gasteiger partial charge on any atom is -0.396 e. The van der Waals surface area contributed by atoms with E-state index in [9.17, 15) is 5.11 Å². The largest absolute Gasteiger partial charge is 0.396 e. The zero-order valence-electron chi connectivity index (χ0n) is 11.2. The maximum atomic E-state index is 9.46. The molecule has 100 valence electrons. The summed E-state index contributed by atoms with van der Waals surface area (Å²) in [4.78, 5) is 2.42. The van der Waals surface area contributed by atoms with Gasteiger partial charge < -0.3 is 14.7 Å². The van der Waals surface area contributed by atoms with Crippen molar-refractivity contribution in [2.24, 2.45) is 11.3 Å². The first-order valence-corrected chi connectivity index (χ1v) is 7.11. The summed E-state index contributed by atoms with van der Waals surface area (Å²) < 4.78 is 5.38. The molecule has 0 unspecified atom stereocenters. The highest BCUT2D eigenvalue weighted by atomic mass is 16.5. The highest BCUT2D eigenvalue weighted by Crippen LogP contribution is 2.40. The molecule has 17 heavy (non-hydrogen) atoms. The Hall–Kier alpha value is -0.120. The predicted octanol–water partition coefficient (Wildman–Crippen LogP) is 1.90. The van der Waals surface area contributed by atoms with Gasteiger partial charge in [-0.1, -0.05) is 6.42 Å². The summed E-state index contributed by atoms with van der Waals surface area (Å²) in [6, 6.07) is 0. The fraction of sp³-hybridized carbons (Fsp3) is 1.00. The zero-order chi connectivity index (χ0) is 12.1. The Morgan fingerprint density at radius 3 is 2.53 bits per heavy atom. The first-order valence-electron chi connectivity index (χ1n) is 7.11. The van der Waals surface area contributed by atoms with Crippen LogP contribution in [0.2, 0.25) is 0 Å². The van der Waals surface area contributed by atoms with Crippen LogP contribution in [0.1, 0.15) is 38.5 Å². The lowest BCUT2D eigenvalue weighted by Crippen LogP contribution is -2.44. The number of hydrogen-bond donors (Lipinski definition) is 1. The van der Waals surface area contributed by atoms with Crippen molar-refractivity contribution >= 4 is 0 Å². The second-order valence-corrected chi connectivity index (χ2v) is 6.09. The summed E-state index contributed by atoms with van der Waals surface area (Å²) in [5.74, 6) is 0.859. The molecule has 0 amide bonds. The van der Waals surface area contributed by atoms with Crippen LogP contribution >= 0.6 is 0 Å². The summed E-state index contributed by atoms with van der Waals surface area (Å²) in [7, 11) is 2.20. The van der Waals surface area contributed by atoms with Crippen molar-refractivity contribution in [1.29, 1.82) is 0 Å². The minimum atomic E-state index is 0.241. The third-order valence-corrected chi connectivity index (χ3v) is 4.61. The summed E-state index contributed by atoms with van der Waals surface area (Å²) in [6.07, 6.45) is 7.49. The molecule has 3 nitrogen and oxygen atoms in total. The minimum absolute atomic E-state index is 0.241. The molecule has 0 bridgehead atoms. The van der Waals surface area contributed by atoms with Gasteiger partial charge in [-0.3, -0.25) is 0 Å². The Labute approximate surface area is 105 Å². The van der Waals surface area contributed by atoms with E-state index < -0.39 is 0 Å². The fourth-order valence-corrected chi connectivity index (χ4v) is 3.13. The molecule has 0 spiro atoms. The molecule has 1 aliphatic carbocycles. The number of aliphatic hydroxyl groups is 1. The normalized spacial score (nSPS) is 24.9. The van der Waals surface area contributed by atoms with Crippen molar-refractivity contribution < 1.29 is 9.84 Å². The molecular formula is C14H27NO2. The molecule has 1 N–H and O–H groups in total. The Morgan fingerprint density at radius 2 is 2.00 bits per heavy atom. The molecule has 0 aromatic rings. The van der Waals surface area contributed by atoms with Gasteiger partial charge in [0, 0.05) is 31.8 Å². The fourth-order valence-electron chi connectivity index (χ4n) is 3.13. The van der Waals surface area contributed by atoms with Crippen molar-refractivity contribution in [3.05, 3.63) is 0 Å². The van der Waals surface area contributed by atoms with Crippen LogP contribution in [0.15, 0.2) is 0 Å². The molecule has 0 aromatic heterocycles. The van der Waals surface area contributed by atoms with E-state index in [1.807, 2.05) is 0 Å². The second kappa shape index (κ2) is 6.17. The zero-order valence-corrected chi connectivity index (χ0v) is 11.2. The van der Waals surface area contributed by atoms with E-state index in [2.05, 4.69) is 11.9 Å². The van der Waals surface area contributed by atoms with Crippen LogP contribution in [0.25, 0.3) is 0 Å². The third-order valence-electron chi connectivity index (χ3n) is 4.61. The molecule has 2 rings (SSSR count). The smallest absolute Gasteiger partial charge is 0.0499 e. The van der Waals surface area contributed by atoms with Crippen LogP contribution in [0, 0.1) is 11.3 Å². The van der Waals surface area contributed by atoms with E-state index >= 15 is 0 Å². The lowest BCUT2D eigenvalue weighted by Gasteiger charge is -2.43. The Morgan fingerprint density at radius 1 is 1.29 bits per heavy atom. The quantitative estimate of drug-likeness (QED) is 0.771. The van der Waals surface area contributed by atoms with Crippen molar-refractivity contribution in [1.82, 2.24) is 4.90 Å². The highest BCUT2D eigenvalue weighted by Gasteiger charge is 2.37. The van der Waals surface area contributed by atoms with Gasteiger partial charge in [0.25, 0.3) is 0 Å². The first-order chi connectivity index (χ1) is 8.24. The van der Waals surface area contributed by atoms with E-state index in [0.29, 0.717) is 6.61 Å². The van der Waals surface area contributed by atoms with Crippen LogP contribution in [0.4, 0.5) is 0 Å². The van der Waals surface area contributed by atoms with Crippen molar-refractivity contribution in [2.75, 3.05) is 40.0 Å². The lowest BCUT2D eigenvalue weighted by molar-refractivity contribution is 0.0107. The first kappa shape index (κ1) is 13.3. The maximum absolute atomic E-state index is 9.46. The van der Waals surface area contributed by atoms with Gasteiger partial charge in [-0.2, -0.15) is 0 Å². The van der Waals surface area contributed by atoms with Gasteiger partial charge in [0.15, 0.2) is 0 Å². The van der Waals surface area contributed by atoms with Crippen molar-refractivity contribution in [3.63, 3.8) is 0 Å². The van der Waals surface area contributed by atoms with Crippen LogP contribution in [-0.4, -0.2) is 50.0 Å². The monoisotopic (exact) mass is 241 g/mol. The molecule has 1 saturated heterocycles. The molecule has 0 atom stereocenters. The summed E-state index contributed by atoms with van der Waals surface area (Å²) >= 11 is 0. The maximum Gasteiger partial charge on any atom is 0.0499 e. The molecule has 1 aliphatic heterocycles. The van der Waals surface area contributed by atoms with Crippen molar-refractivity contribution in [3.8, 4) is 0 Å². The molecular weight excluding hydrogens is 214 g/mol. The third kappa shape index (κ3) is 3.67. The predicted molar refractivity (Wildman–Crippen MR) is 69.0 cm³/mol. The van der Waals surface area contributed by atoms with Crippen LogP contribution in [-0.2, 0) is 4.74 Å².